The summed E-state index contributed by atoms with van der Waals surface area (Å²) in [5.74, 6) is 1.02. The van der Waals surface area contributed by atoms with E-state index in [9.17, 15) is 0 Å². The van der Waals surface area contributed by atoms with Crippen LogP contribution in [0.2, 0.25) is 10.0 Å². The van der Waals surface area contributed by atoms with Gasteiger partial charge in [0, 0.05) is 22.2 Å². The molecule has 4 heteroatoms. The maximum absolute atomic E-state index is 6.06. The summed E-state index contributed by atoms with van der Waals surface area (Å²) >= 11 is 13.7. The van der Waals surface area contributed by atoms with Crippen LogP contribution in [-0.4, -0.2) is 18.8 Å². The molecule has 0 bridgehead atoms. The van der Waals surface area contributed by atoms with Crippen LogP contribution in [0.15, 0.2) is 23.1 Å². The van der Waals surface area contributed by atoms with Crippen molar-refractivity contribution in [1.29, 1.82) is 0 Å². The van der Waals surface area contributed by atoms with Gasteiger partial charge in [0.15, 0.2) is 0 Å². The van der Waals surface area contributed by atoms with E-state index in [4.69, 9.17) is 23.2 Å². The molecular formula is C12H17Cl2NS. The van der Waals surface area contributed by atoms with Gasteiger partial charge in [-0.2, -0.15) is 0 Å². The maximum Gasteiger partial charge on any atom is 0.0542 e. The lowest BCUT2D eigenvalue weighted by molar-refractivity contribution is 0.666. The number of thioether (sulfide) groups is 1. The van der Waals surface area contributed by atoms with E-state index < -0.39 is 0 Å². The van der Waals surface area contributed by atoms with Crippen molar-refractivity contribution in [2.75, 3.05) is 18.8 Å². The van der Waals surface area contributed by atoms with Crippen molar-refractivity contribution >= 4 is 35.0 Å². The van der Waals surface area contributed by atoms with Gasteiger partial charge in [0.1, 0.15) is 0 Å². The molecule has 0 amide bonds. The molecule has 1 N–H and O–H groups in total. The van der Waals surface area contributed by atoms with Crippen LogP contribution in [0.1, 0.15) is 19.8 Å². The van der Waals surface area contributed by atoms with Gasteiger partial charge in [0.05, 0.1) is 5.02 Å². The van der Waals surface area contributed by atoms with Gasteiger partial charge in [-0.1, -0.05) is 36.5 Å². The molecule has 1 nitrogen and oxygen atoms in total. The molecule has 0 fully saturated rings. The Morgan fingerprint density at radius 3 is 2.81 bits per heavy atom. The van der Waals surface area contributed by atoms with E-state index in [1.165, 1.54) is 12.8 Å². The van der Waals surface area contributed by atoms with Crippen LogP contribution in [0.3, 0.4) is 0 Å². The largest absolute Gasteiger partial charge is 0.316 e. The summed E-state index contributed by atoms with van der Waals surface area (Å²) in [6.45, 7) is 4.30. The highest BCUT2D eigenvalue weighted by Crippen LogP contribution is 2.29. The molecule has 1 rings (SSSR count). The van der Waals surface area contributed by atoms with Crippen molar-refractivity contribution in [3.8, 4) is 0 Å². The Balaban J connectivity index is 2.23. The van der Waals surface area contributed by atoms with Gasteiger partial charge in [-0.25, -0.2) is 0 Å². The van der Waals surface area contributed by atoms with Gasteiger partial charge in [0.2, 0.25) is 0 Å². The van der Waals surface area contributed by atoms with Crippen LogP contribution in [0, 0.1) is 0 Å². The second-order valence-electron chi connectivity index (χ2n) is 3.53. The third-order valence-electron chi connectivity index (χ3n) is 2.14. The van der Waals surface area contributed by atoms with Crippen molar-refractivity contribution in [2.24, 2.45) is 0 Å². The maximum atomic E-state index is 6.06. The van der Waals surface area contributed by atoms with Crippen molar-refractivity contribution in [3.63, 3.8) is 0 Å². The molecule has 0 heterocycles. The first-order valence-electron chi connectivity index (χ1n) is 5.52. The first kappa shape index (κ1) is 14.2. The molecule has 0 unspecified atom stereocenters. The molecule has 0 spiro atoms. The van der Waals surface area contributed by atoms with Crippen LogP contribution in [0.25, 0.3) is 0 Å². The van der Waals surface area contributed by atoms with Crippen LogP contribution >= 0.6 is 35.0 Å². The normalized spacial score (nSPS) is 10.7. The quantitative estimate of drug-likeness (QED) is 0.583. The summed E-state index contributed by atoms with van der Waals surface area (Å²) in [4.78, 5) is 1.06. The minimum atomic E-state index is 0.742. The first-order chi connectivity index (χ1) is 7.74. The van der Waals surface area contributed by atoms with Gasteiger partial charge < -0.3 is 5.32 Å². The molecular weight excluding hydrogens is 261 g/mol. The highest BCUT2D eigenvalue weighted by molar-refractivity contribution is 7.99. The lowest BCUT2D eigenvalue weighted by Crippen LogP contribution is -2.18. The van der Waals surface area contributed by atoms with E-state index in [1.54, 1.807) is 11.8 Å². The average Bonchev–Trinajstić information content (AvgIpc) is 2.28. The zero-order chi connectivity index (χ0) is 11.8. The number of benzene rings is 1. The third-order valence-corrected chi connectivity index (χ3v) is 3.87. The Bertz CT molecular complexity index is 318. The Morgan fingerprint density at radius 2 is 2.06 bits per heavy atom. The Morgan fingerprint density at radius 1 is 1.25 bits per heavy atom. The summed E-state index contributed by atoms with van der Waals surface area (Å²) in [5, 5.41) is 4.92. The standard InChI is InChI=1S/C12H17Cl2NS/c1-2-3-6-15-7-8-16-12-9-10(13)4-5-11(12)14/h4-5,9,15H,2-3,6-8H2,1H3. The molecule has 90 valence electrons. The number of nitrogens with one attached hydrogen (secondary N) is 1. The van der Waals surface area contributed by atoms with Crippen LogP contribution in [0.4, 0.5) is 0 Å². The number of hydrogen-bond acceptors (Lipinski definition) is 2. The molecule has 0 aliphatic heterocycles. The predicted octanol–water partition coefficient (Wildman–Crippen LogP) is 4.48. The zero-order valence-electron chi connectivity index (χ0n) is 9.43. The van der Waals surface area contributed by atoms with Gasteiger partial charge in [0.25, 0.3) is 0 Å². The summed E-state index contributed by atoms with van der Waals surface area (Å²) in [6.07, 6.45) is 2.48. The van der Waals surface area contributed by atoms with Crippen molar-refractivity contribution in [2.45, 2.75) is 24.7 Å². The highest BCUT2D eigenvalue weighted by Gasteiger charge is 2.01. The molecule has 16 heavy (non-hydrogen) atoms. The molecule has 0 aliphatic carbocycles. The van der Waals surface area contributed by atoms with Gasteiger partial charge in [-0.05, 0) is 31.2 Å². The van der Waals surface area contributed by atoms with E-state index in [0.29, 0.717) is 0 Å². The topological polar surface area (TPSA) is 12.0 Å². The molecule has 0 atom stereocenters. The molecule has 0 radical (unpaired) electrons. The fourth-order valence-electron chi connectivity index (χ4n) is 1.25. The van der Waals surface area contributed by atoms with Crippen LogP contribution in [0.5, 0.6) is 0 Å². The van der Waals surface area contributed by atoms with Gasteiger partial charge >= 0.3 is 0 Å². The van der Waals surface area contributed by atoms with E-state index in [0.717, 1.165) is 33.8 Å². The lowest BCUT2D eigenvalue weighted by Gasteiger charge is -2.05. The Labute approximate surface area is 112 Å². The monoisotopic (exact) mass is 277 g/mol. The van der Waals surface area contributed by atoms with E-state index in [-0.39, 0.29) is 0 Å². The van der Waals surface area contributed by atoms with Crippen molar-refractivity contribution in [1.82, 2.24) is 5.32 Å². The first-order valence-corrected chi connectivity index (χ1v) is 7.26. The summed E-state index contributed by atoms with van der Waals surface area (Å²) in [7, 11) is 0. The number of unbranched alkanes of at least 4 members (excludes halogenated alkanes) is 1. The molecule has 0 aliphatic rings. The molecule has 0 saturated carbocycles. The fourth-order valence-corrected chi connectivity index (χ4v) is 2.65. The second kappa shape index (κ2) is 8.24. The Hall–Kier alpha value is 0.110. The summed E-state index contributed by atoms with van der Waals surface area (Å²) in [6, 6.07) is 5.57. The Kier molecular flexibility index (Phi) is 7.30. The zero-order valence-corrected chi connectivity index (χ0v) is 11.8. The van der Waals surface area contributed by atoms with Crippen molar-refractivity contribution in [3.05, 3.63) is 28.2 Å². The van der Waals surface area contributed by atoms with Gasteiger partial charge in [-0.3, -0.25) is 0 Å². The third kappa shape index (κ3) is 5.44. The summed E-state index contributed by atoms with van der Waals surface area (Å²) < 4.78 is 0. The van der Waals surface area contributed by atoms with E-state index >= 15 is 0 Å². The van der Waals surface area contributed by atoms with Crippen molar-refractivity contribution < 1.29 is 0 Å². The van der Waals surface area contributed by atoms with Crippen LogP contribution < -0.4 is 5.32 Å². The molecule has 1 aromatic carbocycles. The number of halogens is 2. The van der Waals surface area contributed by atoms with E-state index in [1.807, 2.05) is 18.2 Å². The average molecular weight is 278 g/mol. The van der Waals surface area contributed by atoms with Gasteiger partial charge in [-0.15, -0.1) is 11.8 Å². The summed E-state index contributed by atoms with van der Waals surface area (Å²) in [5.41, 5.74) is 0. The lowest BCUT2D eigenvalue weighted by atomic mass is 10.3. The predicted molar refractivity (Wildman–Crippen MR) is 75.0 cm³/mol. The van der Waals surface area contributed by atoms with E-state index in [2.05, 4.69) is 12.2 Å². The molecule has 0 saturated heterocycles. The number of rotatable bonds is 7. The minimum Gasteiger partial charge on any atom is -0.316 e. The second-order valence-corrected chi connectivity index (χ2v) is 5.51. The SMILES string of the molecule is CCCCNCCSc1cc(Cl)ccc1Cl. The highest BCUT2D eigenvalue weighted by atomic mass is 35.5. The number of hydrogen-bond donors (Lipinski definition) is 1. The smallest absolute Gasteiger partial charge is 0.0542 e. The van der Waals surface area contributed by atoms with Crippen LogP contribution in [-0.2, 0) is 0 Å². The molecule has 1 aromatic rings. The molecule has 0 aromatic heterocycles. The minimum absolute atomic E-state index is 0.742. The fraction of sp³-hybridized carbons (Fsp3) is 0.500.